The first kappa shape index (κ1) is 16.7. The number of fused-ring (bicyclic) bond motifs is 1. The summed E-state index contributed by atoms with van der Waals surface area (Å²) < 4.78 is 0.824. The fourth-order valence-corrected chi connectivity index (χ4v) is 5.50. The normalized spacial score (nSPS) is 25.1. The molecule has 3 heterocycles. The number of carboxylic acids is 1. The second kappa shape index (κ2) is 7.53. The first-order chi connectivity index (χ1) is 10.1. The molecule has 8 heteroatoms. The van der Waals surface area contributed by atoms with Crippen LogP contribution in [-0.2, 0) is 9.59 Å². The molecule has 0 aliphatic carbocycles. The van der Waals surface area contributed by atoms with E-state index < -0.39 is 5.97 Å². The molecule has 0 radical (unpaired) electrons. The van der Waals surface area contributed by atoms with Crippen LogP contribution in [0.15, 0.2) is 9.93 Å². The maximum atomic E-state index is 11.5. The van der Waals surface area contributed by atoms with Crippen LogP contribution in [0.5, 0.6) is 0 Å². The number of rotatable bonds is 3. The fourth-order valence-electron chi connectivity index (χ4n) is 2.37. The van der Waals surface area contributed by atoms with Crippen molar-refractivity contribution in [3.8, 4) is 0 Å². The molecular formula is C13H20N2O4S2. The molecule has 1 unspecified atom stereocenters. The maximum absolute atomic E-state index is 11.5. The molecule has 2 saturated heterocycles. The molecule has 118 valence electrons. The van der Waals surface area contributed by atoms with Crippen molar-refractivity contribution in [2.45, 2.75) is 36.8 Å². The van der Waals surface area contributed by atoms with E-state index in [2.05, 4.69) is 5.32 Å². The van der Waals surface area contributed by atoms with E-state index in [0.29, 0.717) is 11.7 Å². The van der Waals surface area contributed by atoms with Gasteiger partial charge in [0.15, 0.2) is 5.70 Å². The zero-order valence-electron chi connectivity index (χ0n) is 11.9. The Morgan fingerprint density at radius 1 is 1.48 bits per heavy atom. The summed E-state index contributed by atoms with van der Waals surface area (Å²) in [6.07, 6.45) is 2.58. The van der Waals surface area contributed by atoms with Crippen molar-refractivity contribution in [1.82, 2.24) is 10.2 Å². The molecule has 0 aromatic rings. The lowest BCUT2D eigenvalue weighted by atomic mass is 10.2. The molecular weight excluding hydrogens is 312 g/mol. The predicted octanol–water partition coefficient (Wildman–Crippen LogP) is 1.03. The van der Waals surface area contributed by atoms with Gasteiger partial charge in [-0.25, -0.2) is 4.79 Å². The Bertz CT molecular complexity index is 449. The van der Waals surface area contributed by atoms with Crippen molar-refractivity contribution in [1.29, 1.82) is 0 Å². The van der Waals surface area contributed by atoms with Gasteiger partial charge in [-0.3, -0.25) is 9.69 Å². The highest BCUT2D eigenvalue weighted by molar-refractivity contribution is 8.23. The van der Waals surface area contributed by atoms with Crippen molar-refractivity contribution in [2.75, 3.05) is 19.7 Å². The summed E-state index contributed by atoms with van der Waals surface area (Å²) in [5.41, 5.74) is 0.213. The maximum Gasteiger partial charge on any atom is 0.354 e. The quantitative estimate of drug-likeness (QED) is 0.665. The fraction of sp³-hybridized carbons (Fsp3) is 0.692. The third-order valence-electron chi connectivity index (χ3n) is 3.35. The van der Waals surface area contributed by atoms with Gasteiger partial charge >= 0.3 is 5.97 Å². The third-order valence-corrected chi connectivity index (χ3v) is 6.19. The average molecular weight is 332 g/mol. The number of aliphatic hydroxyl groups excluding tert-OH is 1. The molecule has 1 amide bonds. The lowest BCUT2D eigenvalue weighted by molar-refractivity contribution is -0.145. The smallest absolute Gasteiger partial charge is 0.354 e. The van der Waals surface area contributed by atoms with Gasteiger partial charge in [0.05, 0.1) is 16.0 Å². The molecule has 0 saturated carbocycles. The molecule has 3 aliphatic rings. The van der Waals surface area contributed by atoms with Crippen LogP contribution in [0.3, 0.4) is 0 Å². The molecule has 0 spiro atoms. The van der Waals surface area contributed by atoms with Gasteiger partial charge in [0.2, 0.25) is 5.91 Å². The first-order valence-electron chi connectivity index (χ1n) is 7.03. The number of hydrogen-bond acceptors (Lipinski definition) is 6. The standard InChI is InChI=1S/C11H14N2O3S2.C2H6O/c14-7-5-8-13(7)9(10(15)16)11(18-8)17-6-1-3-12-4-2-6;1-2-3/h6,8,12H,1-5H2,(H,15,16);3H,2H2,1H3. The molecule has 3 N–H and O–H groups in total. The summed E-state index contributed by atoms with van der Waals surface area (Å²) >= 11 is 3.18. The van der Waals surface area contributed by atoms with Gasteiger partial charge in [0.1, 0.15) is 0 Å². The number of aliphatic hydroxyl groups is 1. The van der Waals surface area contributed by atoms with Gasteiger partial charge in [-0.1, -0.05) is 11.8 Å². The number of carbonyl (C=O) groups excluding carboxylic acids is 1. The van der Waals surface area contributed by atoms with Crippen LogP contribution in [0.1, 0.15) is 26.2 Å². The van der Waals surface area contributed by atoms with Crippen LogP contribution in [-0.4, -0.2) is 57.3 Å². The van der Waals surface area contributed by atoms with Gasteiger partial charge in [0, 0.05) is 11.9 Å². The summed E-state index contributed by atoms with van der Waals surface area (Å²) in [4.78, 5) is 24.2. The number of carbonyl (C=O) groups is 2. The number of aliphatic carboxylic acids is 1. The number of piperidine rings is 1. The minimum atomic E-state index is -0.977. The van der Waals surface area contributed by atoms with Gasteiger partial charge in [0.25, 0.3) is 0 Å². The number of amides is 1. The number of nitrogens with zero attached hydrogens (tertiary/aromatic N) is 1. The third kappa shape index (κ3) is 3.74. The lowest BCUT2D eigenvalue weighted by Crippen LogP contribution is -2.48. The Kier molecular flexibility index (Phi) is 5.98. The molecule has 0 bridgehead atoms. The Labute approximate surface area is 132 Å². The topological polar surface area (TPSA) is 89.9 Å². The zero-order valence-corrected chi connectivity index (χ0v) is 13.5. The largest absolute Gasteiger partial charge is 0.477 e. The van der Waals surface area contributed by atoms with Crippen LogP contribution in [0.25, 0.3) is 0 Å². The minimum absolute atomic E-state index is 0.0350. The van der Waals surface area contributed by atoms with Crippen molar-refractivity contribution < 1.29 is 19.8 Å². The highest BCUT2D eigenvalue weighted by Crippen LogP contribution is 2.52. The molecule has 21 heavy (non-hydrogen) atoms. The molecule has 3 rings (SSSR count). The molecule has 2 fully saturated rings. The highest BCUT2D eigenvalue weighted by Gasteiger charge is 2.48. The molecule has 1 atom stereocenters. The summed E-state index contributed by atoms with van der Waals surface area (Å²) in [6.45, 7) is 3.91. The highest BCUT2D eigenvalue weighted by atomic mass is 32.2. The van der Waals surface area contributed by atoms with Crippen molar-refractivity contribution in [2.24, 2.45) is 0 Å². The molecule has 0 aromatic heterocycles. The Hall–Kier alpha value is -0.700. The molecule has 3 aliphatic heterocycles. The van der Waals surface area contributed by atoms with E-state index in [1.807, 2.05) is 0 Å². The van der Waals surface area contributed by atoms with E-state index >= 15 is 0 Å². The number of carboxylic acid groups (broad SMARTS) is 1. The van der Waals surface area contributed by atoms with Crippen LogP contribution >= 0.6 is 23.5 Å². The second-order valence-corrected chi connectivity index (χ2v) is 7.62. The van der Waals surface area contributed by atoms with Crippen LogP contribution in [0.4, 0.5) is 0 Å². The lowest BCUT2D eigenvalue weighted by Gasteiger charge is -2.33. The summed E-state index contributed by atoms with van der Waals surface area (Å²) in [5.74, 6) is -1.04. The van der Waals surface area contributed by atoms with Gasteiger partial charge in [-0.2, -0.15) is 0 Å². The van der Waals surface area contributed by atoms with Crippen molar-refractivity contribution >= 4 is 35.4 Å². The number of β-lactam (4-membered cyclic amide) rings is 1. The average Bonchev–Trinajstić information content (AvgIpc) is 2.73. The van der Waals surface area contributed by atoms with E-state index in [-0.39, 0.29) is 23.6 Å². The zero-order chi connectivity index (χ0) is 15.4. The molecule has 0 aromatic carbocycles. The van der Waals surface area contributed by atoms with E-state index in [9.17, 15) is 14.7 Å². The van der Waals surface area contributed by atoms with Crippen LogP contribution < -0.4 is 5.32 Å². The Balaban J connectivity index is 0.000000497. The Morgan fingerprint density at radius 3 is 2.62 bits per heavy atom. The van der Waals surface area contributed by atoms with Gasteiger partial charge in [-0.15, -0.1) is 11.8 Å². The van der Waals surface area contributed by atoms with E-state index in [4.69, 9.17) is 5.11 Å². The molecule has 6 nitrogen and oxygen atoms in total. The number of thioether (sulfide) groups is 2. The second-order valence-electron chi connectivity index (χ2n) is 4.87. The van der Waals surface area contributed by atoms with E-state index in [0.717, 1.165) is 30.2 Å². The van der Waals surface area contributed by atoms with Gasteiger partial charge in [-0.05, 0) is 32.9 Å². The van der Waals surface area contributed by atoms with Crippen molar-refractivity contribution in [3.05, 3.63) is 9.93 Å². The number of hydrogen-bond donors (Lipinski definition) is 3. The summed E-state index contributed by atoms with van der Waals surface area (Å²) in [7, 11) is 0. The van der Waals surface area contributed by atoms with Crippen LogP contribution in [0, 0.1) is 0 Å². The van der Waals surface area contributed by atoms with Crippen LogP contribution in [0.2, 0.25) is 0 Å². The predicted molar refractivity (Wildman–Crippen MR) is 83.7 cm³/mol. The first-order valence-corrected chi connectivity index (χ1v) is 8.78. The van der Waals surface area contributed by atoms with Gasteiger partial charge < -0.3 is 15.5 Å². The summed E-state index contributed by atoms with van der Waals surface area (Å²) in [5, 5.41) is 20.6. The monoisotopic (exact) mass is 332 g/mol. The van der Waals surface area contributed by atoms with E-state index in [1.165, 1.54) is 4.90 Å². The van der Waals surface area contributed by atoms with E-state index in [1.54, 1.807) is 30.4 Å². The van der Waals surface area contributed by atoms with Crippen molar-refractivity contribution in [3.63, 3.8) is 0 Å². The minimum Gasteiger partial charge on any atom is -0.477 e. The summed E-state index contributed by atoms with van der Waals surface area (Å²) in [6, 6.07) is 0. The Morgan fingerprint density at radius 2 is 2.10 bits per heavy atom. The SMILES string of the molecule is CCO.O=C(O)C1=C(SC2CCNCC2)SC2CC(=O)N12. The number of nitrogens with one attached hydrogen (secondary N) is 1.